The van der Waals surface area contributed by atoms with E-state index in [0.717, 1.165) is 22.1 Å². The smallest absolute Gasteiger partial charge is 0.170 e. The van der Waals surface area contributed by atoms with E-state index >= 15 is 0 Å². The lowest BCUT2D eigenvalue weighted by Gasteiger charge is -1.99. The minimum atomic E-state index is 0.865. The largest absolute Gasteiger partial charge is 0.453 e. The highest BCUT2D eigenvalue weighted by Crippen LogP contribution is 2.24. The third-order valence-corrected chi connectivity index (χ3v) is 2.41. The topological polar surface area (TPSA) is 26.0 Å². The van der Waals surface area contributed by atoms with Crippen LogP contribution in [0.1, 0.15) is 0 Å². The van der Waals surface area contributed by atoms with Gasteiger partial charge in [0.15, 0.2) is 6.26 Å². The molecule has 1 aromatic carbocycles. The van der Waals surface area contributed by atoms with E-state index in [1.165, 1.54) is 0 Å². The fourth-order valence-electron chi connectivity index (χ4n) is 1.62. The maximum Gasteiger partial charge on any atom is 0.170 e. The highest BCUT2D eigenvalue weighted by atomic mass is 16.3. The molecular formula is C13H8NO. The van der Waals surface area contributed by atoms with Gasteiger partial charge in [-0.1, -0.05) is 12.1 Å². The molecule has 2 heteroatoms. The van der Waals surface area contributed by atoms with E-state index in [9.17, 15) is 0 Å². The van der Waals surface area contributed by atoms with Gasteiger partial charge in [0.05, 0.1) is 0 Å². The molecule has 2 aromatic heterocycles. The summed E-state index contributed by atoms with van der Waals surface area (Å²) in [5.41, 5.74) is 3.14. The number of benzene rings is 1. The summed E-state index contributed by atoms with van der Waals surface area (Å²) in [5.74, 6) is 0. The number of pyridine rings is 1. The van der Waals surface area contributed by atoms with Crippen LogP contribution in [0.3, 0.4) is 0 Å². The Morgan fingerprint density at radius 1 is 1.00 bits per heavy atom. The highest BCUT2D eigenvalue weighted by molar-refractivity contribution is 5.82. The second-order valence-corrected chi connectivity index (χ2v) is 3.35. The molecule has 0 aliphatic heterocycles. The van der Waals surface area contributed by atoms with Crippen molar-refractivity contribution >= 4 is 11.0 Å². The zero-order valence-electron chi connectivity index (χ0n) is 7.97. The van der Waals surface area contributed by atoms with Crippen molar-refractivity contribution in [2.75, 3.05) is 0 Å². The van der Waals surface area contributed by atoms with Gasteiger partial charge in [0.2, 0.25) is 0 Å². The quantitative estimate of drug-likeness (QED) is 0.594. The Morgan fingerprint density at radius 2 is 1.87 bits per heavy atom. The van der Waals surface area contributed by atoms with Crippen molar-refractivity contribution in [3.05, 3.63) is 55.1 Å². The van der Waals surface area contributed by atoms with Gasteiger partial charge in [0.1, 0.15) is 5.58 Å². The number of furan rings is 1. The molecule has 0 aliphatic carbocycles. The SMILES string of the molecule is [c]1cc2ccc(-c3ccncc3)cc2o1. The van der Waals surface area contributed by atoms with Gasteiger partial charge in [-0.3, -0.25) is 4.98 Å². The number of fused-ring (bicyclic) bond motifs is 1. The zero-order chi connectivity index (χ0) is 10.1. The van der Waals surface area contributed by atoms with Crippen LogP contribution < -0.4 is 0 Å². The van der Waals surface area contributed by atoms with Crippen molar-refractivity contribution in [3.8, 4) is 11.1 Å². The molecule has 0 spiro atoms. The average Bonchev–Trinajstić information content (AvgIpc) is 2.77. The van der Waals surface area contributed by atoms with E-state index in [1.807, 2.05) is 30.3 Å². The third kappa shape index (κ3) is 1.40. The molecule has 0 saturated carbocycles. The van der Waals surface area contributed by atoms with Gasteiger partial charge in [-0.2, -0.15) is 0 Å². The molecule has 0 amide bonds. The zero-order valence-corrected chi connectivity index (χ0v) is 7.97. The van der Waals surface area contributed by atoms with E-state index in [0.29, 0.717) is 0 Å². The lowest BCUT2D eigenvalue weighted by Crippen LogP contribution is -1.77. The van der Waals surface area contributed by atoms with Crippen LogP contribution in [0.15, 0.2) is 53.2 Å². The van der Waals surface area contributed by atoms with Gasteiger partial charge in [-0.15, -0.1) is 0 Å². The molecular weight excluding hydrogens is 186 g/mol. The molecule has 0 atom stereocenters. The molecule has 0 fully saturated rings. The number of aromatic nitrogens is 1. The van der Waals surface area contributed by atoms with Crippen LogP contribution in [-0.4, -0.2) is 4.98 Å². The molecule has 15 heavy (non-hydrogen) atoms. The van der Waals surface area contributed by atoms with Crippen molar-refractivity contribution in [2.24, 2.45) is 0 Å². The summed E-state index contributed by atoms with van der Waals surface area (Å²) in [4.78, 5) is 3.99. The molecule has 0 unspecified atom stereocenters. The van der Waals surface area contributed by atoms with Crippen LogP contribution in [-0.2, 0) is 0 Å². The second-order valence-electron chi connectivity index (χ2n) is 3.35. The molecule has 0 saturated heterocycles. The van der Waals surface area contributed by atoms with Crippen molar-refractivity contribution in [1.82, 2.24) is 4.98 Å². The maximum atomic E-state index is 5.24. The minimum absolute atomic E-state index is 0.865. The predicted octanol–water partition coefficient (Wildman–Crippen LogP) is 3.29. The first-order valence-electron chi connectivity index (χ1n) is 4.73. The summed E-state index contributed by atoms with van der Waals surface area (Å²) in [7, 11) is 0. The molecule has 71 valence electrons. The van der Waals surface area contributed by atoms with Gasteiger partial charge >= 0.3 is 0 Å². The average molecular weight is 194 g/mol. The van der Waals surface area contributed by atoms with Crippen LogP contribution in [0.4, 0.5) is 0 Å². The maximum absolute atomic E-state index is 5.24. The van der Waals surface area contributed by atoms with Crippen molar-refractivity contribution < 1.29 is 4.42 Å². The summed E-state index contributed by atoms with van der Waals surface area (Å²) < 4.78 is 5.24. The first kappa shape index (κ1) is 8.24. The Labute approximate surface area is 87.2 Å². The van der Waals surface area contributed by atoms with Crippen molar-refractivity contribution in [2.45, 2.75) is 0 Å². The van der Waals surface area contributed by atoms with Gasteiger partial charge < -0.3 is 4.42 Å². The summed E-state index contributed by atoms with van der Waals surface area (Å²) >= 11 is 0. The number of hydrogen-bond acceptors (Lipinski definition) is 2. The Bertz CT molecular complexity index is 584. The molecule has 0 aliphatic rings. The van der Waals surface area contributed by atoms with Crippen LogP contribution >= 0.6 is 0 Å². The summed E-state index contributed by atoms with van der Waals surface area (Å²) in [5, 5.41) is 1.08. The Morgan fingerprint density at radius 3 is 2.73 bits per heavy atom. The molecule has 0 N–H and O–H groups in total. The third-order valence-electron chi connectivity index (χ3n) is 2.41. The first-order chi connectivity index (χ1) is 7.43. The molecule has 2 nitrogen and oxygen atoms in total. The van der Waals surface area contributed by atoms with E-state index < -0.39 is 0 Å². The van der Waals surface area contributed by atoms with E-state index in [4.69, 9.17) is 4.42 Å². The molecule has 3 rings (SSSR count). The number of nitrogens with zero attached hydrogens (tertiary/aromatic N) is 1. The lowest BCUT2D eigenvalue weighted by atomic mass is 10.1. The van der Waals surface area contributed by atoms with E-state index in [-0.39, 0.29) is 0 Å². The van der Waals surface area contributed by atoms with Crippen LogP contribution in [0.25, 0.3) is 22.1 Å². The normalized spacial score (nSPS) is 10.7. The summed E-state index contributed by atoms with van der Waals surface area (Å²) in [6.45, 7) is 0. The standard InChI is InChI=1S/C13H8NO/c1-2-12(10-3-6-14-7-4-10)9-13-11(1)5-8-15-13/h1-7,9H. The van der Waals surface area contributed by atoms with Crippen LogP contribution in [0.2, 0.25) is 0 Å². The van der Waals surface area contributed by atoms with Gasteiger partial charge in [-0.05, 0) is 35.4 Å². The molecule has 0 bridgehead atoms. The minimum Gasteiger partial charge on any atom is -0.453 e. The van der Waals surface area contributed by atoms with E-state index in [2.05, 4.69) is 17.3 Å². The number of hydrogen-bond donors (Lipinski definition) is 0. The summed E-state index contributed by atoms with van der Waals surface area (Å²) in [6, 6.07) is 11.9. The van der Waals surface area contributed by atoms with Gasteiger partial charge in [-0.25, -0.2) is 0 Å². The van der Waals surface area contributed by atoms with Gasteiger partial charge in [0, 0.05) is 17.8 Å². The highest BCUT2D eigenvalue weighted by Gasteiger charge is 2.00. The fraction of sp³-hybridized carbons (Fsp3) is 0. The second kappa shape index (κ2) is 3.24. The predicted molar refractivity (Wildman–Crippen MR) is 58.3 cm³/mol. The lowest BCUT2D eigenvalue weighted by molar-refractivity contribution is 0.606. The molecule has 2 heterocycles. The Balaban J connectivity index is 2.19. The first-order valence-corrected chi connectivity index (χ1v) is 4.73. The Hall–Kier alpha value is -2.09. The van der Waals surface area contributed by atoms with Crippen LogP contribution in [0.5, 0.6) is 0 Å². The number of rotatable bonds is 1. The van der Waals surface area contributed by atoms with Crippen LogP contribution in [0, 0.1) is 6.26 Å². The van der Waals surface area contributed by atoms with Crippen molar-refractivity contribution in [3.63, 3.8) is 0 Å². The van der Waals surface area contributed by atoms with Gasteiger partial charge in [0.25, 0.3) is 0 Å². The molecule has 3 aromatic rings. The molecule has 1 radical (unpaired) electrons. The Kier molecular flexibility index (Phi) is 1.78. The van der Waals surface area contributed by atoms with Crippen molar-refractivity contribution in [1.29, 1.82) is 0 Å². The van der Waals surface area contributed by atoms with E-state index in [1.54, 1.807) is 12.4 Å². The fourth-order valence-corrected chi connectivity index (χ4v) is 1.62. The monoisotopic (exact) mass is 194 g/mol. The summed E-state index contributed by atoms with van der Waals surface area (Å²) in [6.07, 6.45) is 6.30.